The first-order valence-corrected chi connectivity index (χ1v) is 11.5. The SMILES string of the molecule is O=C(Nc1ccc(N2CCC(C3CCN(C(=O)O)CC3)CC2)cc1Cl)c1cscn1. The predicted octanol–water partition coefficient (Wildman–Crippen LogP) is 4.66. The van der Waals surface area contributed by atoms with Gasteiger partial charge in [-0.3, -0.25) is 4.79 Å². The zero-order valence-electron chi connectivity index (χ0n) is 16.6. The van der Waals surface area contributed by atoms with Gasteiger partial charge in [0.05, 0.1) is 16.2 Å². The van der Waals surface area contributed by atoms with E-state index in [2.05, 4.69) is 15.2 Å². The van der Waals surface area contributed by atoms with Crippen molar-refractivity contribution in [3.05, 3.63) is 39.8 Å². The summed E-state index contributed by atoms with van der Waals surface area (Å²) in [6, 6.07) is 5.74. The van der Waals surface area contributed by atoms with E-state index in [0.29, 0.717) is 41.3 Å². The molecular formula is C21H25ClN4O3S. The summed E-state index contributed by atoms with van der Waals surface area (Å²) in [6.07, 6.45) is 3.35. The lowest BCUT2D eigenvalue weighted by Crippen LogP contribution is -2.42. The van der Waals surface area contributed by atoms with Crippen LogP contribution in [0, 0.1) is 11.8 Å². The number of aromatic nitrogens is 1. The van der Waals surface area contributed by atoms with Gasteiger partial charge in [0.15, 0.2) is 0 Å². The highest BCUT2D eigenvalue weighted by atomic mass is 35.5. The van der Waals surface area contributed by atoms with Gasteiger partial charge in [0.2, 0.25) is 0 Å². The van der Waals surface area contributed by atoms with Gasteiger partial charge in [0.1, 0.15) is 5.69 Å². The fourth-order valence-corrected chi connectivity index (χ4v) is 5.26. The van der Waals surface area contributed by atoms with Gasteiger partial charge in [-0.15, -0.1) is 11.3 Å². The van der Waals surface area contributed by atoms with Gasteiger partial charge in [-0.1, -0.05) is 11.6 Å². The first-order chi connectivity index (χ1) is 14.5. The number of nitrogens with zero attached hydrogens (tertiary/aromatic N) is 3. The first-order valence-electron chi connectivity index (χ1n) is 10.2. The van der Waals surface area contributed by atoms with Gasteiger partial charge < -0.3 is 20.2 Å². The fourth-order valence-electron chi connectivity index (χ4n) is 4.50. The second kappa shape index (κ2) is 9.22. The van der Waals surface area contributed by atoms with Gasteiger partial charge in [-0.25, -0.2) is 9.78 Å². The monoisotopic (exact) mass is 448 g/mol. The Labute approximate surface area is 184 Å². The molecule has 2 fully saturated rings. The van der Waals surface area contributed by atoms with Crippen LogP contribution in [0.15, 0.2) is 29.1 Å². The van der Waals surface area contributed by atoms with Crippen molar-refractivity contribution in [2.24, 2.45) is 11.8 Å². The lowest BCUT2D eigenvalue weighted by Gasteiger charge is -2.40. The molecule has 2 N–H and O–H groups in total. The molecule has 30 heavy (non-hydrogen) atoms. The molecule has 9 heteroatoms. The third-order valence-electron chi connectivity index (χ3n) is 6.25. The quantitative estimate of drug-likeness (QED) is 0.710. The first kappa shape index (κ1) is 20.9. The molecule has 2 aliphatic rings. The molecule has 160 valence electrons. The molecule has 0 aliphatic carbocycles. The molecule has 0 unspecified atom stereocenters. The number of anilines is 2. The maximum atomic E-state index is 12.2. The smallest absolute Gasteiger partial charge is 0.407 e. The van der Waals surface area contributed by atoms with Crippen molar-refractivity contribution in [1.82, 2.24) is 9.88 Å². The highest BCUT2D eigenvalue weighted by Gasteiger charge is 2.31. The molecule has 2 aliphatic heterocycles. The maximum Gasteiger partial charge on any atom is 0.407 e. The topological polar surface area (TPSA) is 85.8 Å². The van der Waals surface area contributed by atoms with Crippen molar-refractivity contribution >= 4 is 46.3 Å². The minimum Gasteiger partial charge on any atom is -0.465 e. The number of carboxylic acid groups (broad SMARTS) is 1. The van der Waals surface area contributed by atoms with Crippen LogP contribution in [0.3, 0.4) is 0 Å². The van der Waals surface area contributed by atoms with Crippen LogP contribution in [0.25, 0.3) is 0 Å². The zero-order chi connectivity index (χ0) is 21.1. The summed E-state index contributed by atoms with van der Waals surface area (Å²) in [5.41, 5.74) is 3.65. The predicted molar refractivity (Wildman–Crippen MR) is 119 cm³/mol. The van der Waals surface area contributed by atoms with E-state index in [-0.39, 0.29) is 5.91 Å². The Morgan fingerprint density at radius 3 is 2.33 bits per heavy atom. The van der Waals surface area contributed by atoms with Gasteiger partial charge in [0, 0.05) is 37.2 Å². The van der Waals surface area contributed by atoms with Crippen molar-refractivity contribution in [2.45, 2.75) is 25.7 Å². The average molecular weight is 449 g/mol. The van der Waals surface area contributed by atoms with Crippen LogP contribution < -0.4 is 10.2 Å². The fraction of sp³-hybridized carbons (Fsp3) is 0.476. The Bertz CT molecular complexity index is 892. The number of amides is 2. The van der Waals surface area contributed by atoms with Crippen LogP contribution in [0.1, 0.15) is 36.2 Å². The summed E-state index contributed by atoms with van der Waals surface area (Å²) in [5.74, 6) is 1.01. The molecule has 0 bridgehead atoms. The number of rotatable bonds is 4. The summed E-state index contributed by atoms with van der Waals surface area (Å²) in [4.78, 5) is 31.2. The number of hydrogen-bond donors (Lipinski definition) is 2. The van der Waals surface area contributed by atoms with Crippen LogP contribution >= 0.6 is 22.9 Å². The third kappa shape index (κ3) is 4.70. The molecule has 2 amide bonds. The van der Waals surface area contributed by atoms with Crippen LogP contribution in [0.4, 0.5) is 16.2 Å². The van der Waals surface area contributed by atoms with Crippen LogP contribution in [-0.2, 0) is 0 Å². The molecule has 0 atom stereocenters. The number of carbonyl (C=O) groups is 2. The summed E-state index contributed by atoms with van der Waals surface area (Å²) in [5, 5.41) is 14.1. The van der Waals surface area contributed by atoms with E-state index in [1.165, 1.54) is 16.2 Å². The zero-order valence-corrected chi connectivity index (χ0v) is 18.2. The van der Waals surface area contributed by atoms with Gasteiger partial charge in [-0.2, -0.15) is 0 Å². The van der Waals surface area contributed by atoms with E-state index in [1.807, 2.05) is 18.2 Å². The van der Waals surface area contributed by atoms with E-state index in [1.54, 1.807) is 10.9 Å². The normalized spacial score (nSPS) is 18.4. The standard InChI is InChI=1S/C21H25ClN4O3S/c22-17-11-16(1-2-18(17)24-20(27)19-12-30-13-23-19)25-7-3-14(4-8-25)15-5-9-26(10-6-15)21(28)29/h1-2,11-15H,3-10H2,(H,24,27)(H,28,29). The van der Waals surface area contributed by atoms with Crippen LogP contribution in [-0.4, -0.2) is 53.2 Å². The summed E-state index contributed by atoms with van der Waals surface area (Å²) >= 11 is 7.81. The van der Waals surface area contributed by atoms with E-state index in [9.17, 15) is 9.59 Å². The highest BCUT2D eigenvalue weighted by molar-refractivity contribution is 7.07. The van der Waals surface area contributed by atoms with Crippen molar-refractivity contribution < 1.29 is 14.7 Å². The molecule has 0 spiro atoms. The van der Waals surface area contributed by atoms with Crippen molar-refractivity contribution in [3.63, 3.8) is 0 Å². The summed E-state index contributed by atoms with van der Waals surface area (Å²) in [7, 11) is 0. The minimum atomic E-state index is -0.800. The molecule has 0 radical (unpaired) electrons. The average Bonchev–Trinajstić information content (AvgIpc) is 3.30. The molecule has 1 aromatic heterocycles. The summed E-state index contributed by atoms with van der Waals surface area (Å²) in [6.45, 7) is 3.24. The van der Waals surface area contributed by atoms with Crippen molar-refractivity contribution in [2.75, 3.05) is 36.4 Å². The number of carbonyl (C=O) groups excluding carboxylic acids is 1. The molecular weight excluding hydrogens is 424 g/mol. The third-order valence-corrected chi connectivity index (χ3v) is 7.15. The number of likely N-dealkylation sites (tertiary alicyclic amines) is 1. The Hall–Kier alpha value is -2.32. The molecule has 1 aromatic carbocycles. The number of benzene rings is 1. The molecule has 0 saturated carbocycles. The lowest BCUT2D eigenvalue weighted by molar-refractivity contribution is 0.102. The molecule has 4 rings (SSSR count). The van der Waals surface area contributed by atoms with Crippen LogP contribution in [0.2, 0.25) is 5.02 Å². The highest BCUT2D eigenvalue weighted by Crippen LogP contribution is 2.35. The molecule has 3 heterocycles. The van der Waals surface area contributed by atoms with Gasteiger partial charge in [0.25, 0.3) is 5.91 Å². The number of hydrogen-bond acceptors (Lipinski definition) is 5. The molecule has 2 saturated heterocycles. The Kier molecular flexibility index (Phi) is 6.43. The van der Waals surface area contributed by atoms with E-state index in [4.69, 9.17) is 16.7 Å². The number of nitrogens with one attached hydrogen (secondary N) is 1. The largest absolute Gasteiger partial charge is 0.465 e. The van der Waals surface area contributed by atoms with Gasteiger partial charge in [-0.05, 0) is 55.7 Å². The van der Waals surface area contributed by atoms with Crippen molar-refractivity contribution in [1.29, 1.82) is 0 Å². The number of halogens is 1. The minimum absolute atomic E-state index is 0.263. The number of piperidine rings is 2. The van der Waals surface area contributed by atoms with E-state index >= 15 is 0 Å². The van der Waals surface area contributed by atoms with Crippen LogP contribution in [0.5, 0.6) is 0 Å². The number of thiazole rings is 1. The Morgan fingerprint density at radius 2 is 1.77 bits per heavy atom. The Morgan fingerprint density at radius 1 is 1.10 bits per heavy atom. The molecule has 7 nitrogen and oxygen atoms in total. The second-order valence-electron chi connectivity index (χ2n) is 7.92. The van der Waals surface area contributed by atoms with E-state index < -0.39 is 6.09 Å². The lowest BCUT2D eigenvalue weighted by atomic mass is 9.79. The van der Waals surface area contributed by atoms with Crippen molar-refractivity contribution in [3.8, 4) is 0 Å². The van der Waals surface area contributed by atoms with Gasteiger partial charge >= 0.3 is 6.09 Å². The summed E-state index contributed by atoms with van der Waals surface area (Å²) < 4.78 is 0. The van der Waals surface area contributed by atoms with E-state index in [0.717, 1.165) is 44.5 Å². The Balaban J connectivity index is 1.31. The maximum absolute atomic E-state index is 12.2. The second-order valence-corrected chi connectivity index (χ2v) is 9.05. The molecule has 2 aromatic rings.